The Bertz CT molecular complexity index is 566. The molecule has 1 atom stereocenters. The van der Waals surface area contributed by atoms with Gasteiger partial charge in [0.15, 0.2) is 0 Å². The molecule has 1 unspecified atom stereocenters. The molecule has 3 rings (SSSR count). The minimum Gasteiger partial charge on any atom is -0.396 e. The van der Waals surface area contributed by atoms with Gasteiger partial charge >= 0.3 is 0 Å². The van der Waals surface area contributed by atoms with Crippen LogP contribution in [0.4, 0.5) is 10.1 Å². The van der Waals surface area contributed by atoms with Gasteiger partial charge in [-0.05, 0) is 36.1 Å². The molecule has 1 aromatic heterocycles. The Morgan fingerprint density at radius 1 is 1.24 bits per heavy atom. The topological polar surface area (TPSA) is 38.9 Å². The van der Waals surface area contributed by atoms with Gasteiger partial charge in [0.05, 0.1) is 11.4 Å². The van der Waals surface area contributed by atoms with Gasteiger partial charge in [0, 0.05) is 12.1 Å². The van der Waals surface area contributed by atoms with Crippen LogP contribution in [0.1, 0.15) is 29.2 Å². The van der Waals surface area contributed by atoms with Gasteiger partial charge in [-0.2, -0.15) is 0 Å². The zero-order valence-electron chi connectivity index (χ0n) is 9.36. The molecule has 0 amide bonds. The van der Waals surface area contributed by atoms with Crippen molar-refractivity contribution in [2.75, 3.05) is 5.73 Å². The summed E-state index contributed by atoms with van der Waals surface area (Å²) in [7, 11) is 0. The number of para-hydroxylation sites is 1. The lowest BCUT2D eigenvalue weighted by Crippen LogP contribution is -2.04. The fourth-order valence-electron chi connectivity index (χ4n) is 2.57. The number of nitrogen functional groups attached to an aromatic ring is 1. The molecule has 3 heteroatoms. The van der Waals surface area contributed by atoms with Crippen molar-refractivity contribution in [2.24, 2.45) is 0 Å². The molecule has 0 spiro atoms. The molecule has 0 saturated heterocycles. The van der Waals surface area contributed by atoms with E-state index in [1.807, 2.05) is 12.1 Å². The number of benzene rings is 1. The lowest BCUT2D eigenvalue weighted by atomic mass is 9.95. The molecule has 2 nitrogen and oxygen atoms in total. The predicted molar refractivity (Wildman–Crippen MR) is 65.2 cm³/mol. The molecule has 1 aliphatic carbocycles. The highest BCUT2D eigenvalue weighted by molar-refractivity contribution is 5.53. The van der Waals surface area contributed by atoms with Crippen LogP contribution in [0.2, 0.25) is 0 Å². The number of fused-ring (bicyclic) bond motifs is 1. The normalized spacial score (nSPS) is 18.1. The summed E-state index contributed by atoms with van der Waals surface area (Å²) in [5.41, 5.74) is 9.24. The Morgan fingerprint density at radius 2 is 2.12 bits per heavy atom. The average molecular weight is 228 g/mol. The van der Waals surface area contributed by atoms with E-state index >= 15 is 0 Å². The smallest absolute Gasteiger partial charge is 0.146 e. The Kier molecular flexibility index (Phi) is 2.32. The number of nitrogens with zero attached hydrogens (tertiary/aromatic N) is 1. The molecule has 86 valence electrons. The summed E-state index contributed by atoms with van der Waals surface area (Å²) in [4.78, 5) is 4.41. The Morgan fingerprint density at radius 3 is 3.00 bits per heavy atom. The van der Waals surface area contributed by atoms with Crippen molar-refractivity contribution in [3.63, 3.8) is 0 Å². The molecule has 0 saturated carbocycles. The average Bonchev–Trinajstić information content (AvgIpc) is 2.77. The summed E-state index contributed by atoms with van der Waals surface area (Å²) in [5, 5.41) is 0. The lowest BCUT2D eigenvalue weighted by molar-refractivity contribution is 0.627. The number of hydrogen-bond donors (Lipinski definition) is 1. The van der Waals surface area contributed by atoms with Crippen molar-refractivity contribution in [1.29, 1.82) is 0 Å². The molecular formula is C14H13FN2. The van der Waals surface area contributed by atoms with Crippen LogP contribution in [0.5, 0.6) is 0 Å². The van der Waals surface area contributed by atoms with Crippen LogP contribution in [0.15, 0.2) is 36.5 Å². The van der Waals surface area contributed by atoms with Crippen molar-refractivity contribution in [1.82, 2.24) is 4.98 Å². The van der Waals surface area contributed by atoms with Gasteiger partial charge in [-0.1, -0.05) is 18.2 Å². The number of anilines is 1. The van der Waals surface area contributed by atoms with Crippen LogP contribution in [0.25, 0.3) is 0 Å². The Hall–Kier alpha value is -1.90. The van der Waals surface area contributed by atoms with E-state index in [1.165, 1.54) is 11.6 Å². The van der Waals surface area contributed by atoms with Crippen molar-refractivity contribution < 1.29 is 4.39 Å². The van der Waals surface area contributed by atoms with Gasteiger partial charge in [0.1, 0.15) is 5.82 Å². The monoisotopic (exact) mass is 228 g/mol. The maximum Gasteiger partial charge on any atom is 0.146 e. The molecule has 0 aliphatic heterocycles. The van der Waals surface area contributed by atoms with E-state index in [2.05, 4.69) is 11.1 Å². The zero-order chi connectivity index (χ0) is 11.8. The van der Waals surface area contributed by atoms with Crippen LogP contribution in [0.3, 0.4) is 0 Å². The third-order valence-corrected chi connectivity index (χ3v) is 3.42. The van der Waals surface area contributed by atoms with E-state index in [0.717, 1.165) is 24.1 Å². The summed E-state index contributed by atoms with van der Waals surface area (Å²) in [5.74, 6) is -0.200. The molecule has 1 aromatic carbocycles. The quantitative estimate of drug-likeness (QED) is 0.762. The highest BCUT2D eigenvalue weighted by Gasteiger charge is 2.27. The van der Waals surface area contributed by atoms with Crippen LogP contribution in [0, 0.1) is 5.82 Å². The fourth-order valence-corrected chi connectivity index (χ4v) is 2.57. The molecule has 0 radical (unpaired) electrons. The first kappa shape index (κ1) is 10.3. The number of nitrogens with two attached hydrogens (primary N) is 1. The first-order chi connectivity index (χ1) is 8.27. The molecular weight excluding hydrogens is 215 g/mol. The van der Waals surface area contributed by atoms with Gasteiger partial charge in [0.25, 0.3) is 0 Å². The van der Waals surface area contributed by atoms with E-state index in [1.54, 1.807) is 12.3 Å². The van der Waals surface area contributed by atoms with Crippen molar-refractivity contribution in [3.05, 3.63) is 59.2 Å². The molecule has 1 heterocycles. The largest absolute Gasteiger partial charge is 0.396 e. The van der Waals surface area contributed by atoms with E-state index < -0.39 is 0 Å². The van der Waals surface area contributed by atoms with Crippen LogP contribution >= 0.6 is 0 Å². The highest BCUT2D eigenvalue weighted by atomic mass is 19.1. The Balaban J connectivity index is 2.10. The molecule has 17 heavy (non-hydrogen) atoms. The summed E-state index contributed by atoms with van der Waals surface area (Å²) >= 11 is 0. The maximum absolute atomic E-state index is 13.5. The third kappa shape index (κ3) is 1.58. The van der Waals surface area contributed by atoms with Crippen molar-refractivity contribution in [3.8, 4) is 0 Å². The molecule has 1 aliphatic rings. The van der Waals surface area contributed by atoms with E-state index in [4.69, 9.17) is 5.73 Å². The fraction of sp³-hybridized carbons (Fsp3) is 0.214. The second kappa shape index (κ2) is 3.84. The van der Waals surface area contributed by atoms with E-state index in [0.29, 0.717) is 0 Å². The van der Waals surface area contributed by atoms with Gasteiger partial charge in [-0.3, -0.25) is 4.98 Å². The van der Waals surface area contributed by atoms with Crippen molar-refractivity contribution >= 4 is 5.69 Å². The number of aromatic nitrogens is 1. The molecule has 2 N–H and O–H groups in total. The minimum atomic E-state index is -0.341. The van der Waals surface area contributed by atoms with Gasteiger partial charge in [-0.15, -0.1) is 0 Å². The zero-order valence-corrected chi connectivity index (χ0v) is 9.36. The number of halogens is 1. The van der Waals surface area contributed by atoms with Gasteiger partial charge in [0.2, 0.25) is 0 Å². The first-order valence-electron chi connectivity index (χ1n) is 5.75. The number of aryl methyl sites for hydroxylation is 1. The van der Waals surface area contributed by atoms with Crippen LogP contribution in [-0.4, -0.2) is 4.98 Å². The van der Waals surface area contributed by atoms with Gasteiger partial charge in [-0.25, -0.2) is 4.39 Å². The number of rotatable bonds is 1. The standard InChI is InChI=1S/C14H13FN2/c15-12-5-1-4-10(13(12)16)11-7-6-9-3-2-8-17-14(9)11/h1-5,8,11H,6-7,16H2. The summed E-state index contributed by atoms with van der Waals surface area (Å²) in [6, 6.07) is 9.02. The number of pyridine rings is 1. The summed E-state index contributed by atoms with van der Waals surface area (Å²) in [6.07, 6.45) is 3.73. The second-order valence-electron chi connectivity index (χ2n) is 4.38. The first-order valence-corrected chi connectivity index (χ1v) is 5.75. The lowest BCUT2D eigenvalue weighted by Gasteiger charge is -2.13. The maximum atomic E-state index is 13.5. The van der Waals surface area contributed by atoms with Crippen molar-refractivity contribution in [2.45, 2.75) is 18.8 Å². The highest BCUT2D eigenvalue weighted by Crippen LogP contribution is 2.39. The van der Waals surface area contributed by atoms with E-state index in [9.17, 15) is 4.39 Å². The van der Waals surface area contributed by atoms with Gasteiger partial charge < -0.3 is 5.73 Å². The number of hydrogen-bond acceptors (Lipinski definition) is 2. The van der Waals surface area contributed by atoms with E-state index in [-0.39, 0.29) is 17.4 Å². The summed E-state index contributed by atoms with van der Waals surface area (Å²) < 4.78 is 13.5. The third-order valence-electron chi connectivity index (χ3n) is 3.42. The summed E-state index contributed by atoms with van der Waals surface area (Å²) in [6.45, 7) is 0. The second-order valence-corrected chi connectivity index (χ2v) is 4.38. The predicted octanol–water partition coefficient (Wildman–Crippen LogP) is 2.88. The van der Waals surface area contributed by atoms with Crippen LogP contribution < -0.4 is 5.73 Å². The molecule has 0 bridgehead atoms. The molecule has 0 fully saturated rings. The molecule has 2 aromatic rings. The minimum absolute atomic E-state index is 0.141. The SMILES string of the molecule is Nc1c(F)cccc1C1CCc2cccnc21. The van der Waals surface area contributed by atoms with Crippen LogP contribution in [-0.2, 0) is 6.42 Å². The Labute approximate surface area is 99.3 Å².